The first kappa shape index (κ1) is 13.4. The zero-order chi connectivity index (χ0) is 12.6. The van der Waals surface area contributed by atoms with Gasteiger partial charge in [-0.05, 0) is 36.5 Å². The van der Waals surface area contributed by atoms with Crippen LogP contribution in [0, 0.1) is 29.1 Å². The summed E-state index contributed by atoms with van der Waals surface area (Å²) in [6, 6.07) is 0. The van der Waals surface area contributed by atoms with E-state index in [1.165, 1.54) is 32.5 Å². The molecule has 0 aromatic heterocycles. The lowest BCUT2D eigenvalue weighted by molar-refractivity contribution is 0.108. The van der Waals surface area contributed by atoms with Gasteiger partial charge in [0, 0.05) is 31.7 Å². The largest absolute Gasteiger partial charge is 0.396 e. The Morgan fingerprint density at radius 3 is 2.24 bits per heavy atom. The number of piperidine rings is 1. The molecule has 0 spiro atoms. The van der Waals surface area contributed by atoms with Gasteiger partial charge in [0.15, 0.2) is 0 Å². The minimum atomic E-state index is 0.254. The van der Waals surface area contributed by atoms with Gasteiger partial charge in [0.1, 0.15) is 0 Å². The van der Waals surface area contributed by atoms with Crippen LogP contribution in [-0.2, 0) is 0 Å². The average molecular weight is 239 g/mol. The van der Waals surface area contributed by atoms with E-state index in [1.54, 1.807) is 0 Å². The maximum absolute atomic E-state index is 9.61. The van der Waals surface area contributed by atoms with Crippen LogP contribution in [-0.4, -0.2) is 36.2 Å². The first-order valence-corrected chi connectivity index (χ1v) is 7.31. The lowest BCUT2D eigenvalue weighted by Crippen LogP contribution is -2.40. The molecule has 1 N–H and O–H groups in total. The van der Waals surface area contributed by atoms with Crippen molar-refractivity contribution in [3.63, 3.8) is 0 Å². The van der Waals surface area contributed by atoms with E-state index < -0.39 is 0 Å². The molecule has 0 bridgehead atoms. The molecule has 1 aliphatic carbocycles. The van der Waals surface area contributed by atoms with Gasteiger partial charge in [-0.2, -0.15) is 0 Å². The standard InChI is InChI=1S/C15H29NO/c1-11(2)15(10-17)6-14(15)9-16-7-12(3)5-13(4)8-16/h11-14,17H,5-10H2,1-4H3. The Balaban J connectivity index is 1.86. The number of aliphatic hydroxyl groups is 1. The van der Waals surface area contributed by atoms with E-state index in [1.807, 2.05) is 0 Å². The molecule has 2 heteroatoms. The summed E-state index contributed by atoms with van der Waals surface area (Å²) >= 11 is 0. The van der Waals surface area contributed by atoms with Gasteiger partial charge in [-0.3, -0.25) is 0 Å². The Hall–Kier alpha value is -0.0800. The second-order valence-electron chi connectivity index (χ2n) is 7.11. The monoisotopic (exact) mass is 239 g/mol. The zero-order valence-electron chi connectivity index (χ0n) is 11.9. The van der Waals surface area contributed by atoms with Crippen molar-refractivity contribution >= 4 is 0 Å². The van der Waals surface area contributed by atoms with E-state index in [2.05, 4.69) is 32.6 Å². The van der Waals surface area contributed by atoms with Crippen molar-refractivity contribution in [2.24, 2.45) is 29.1 Å². The molecular weight excluding hydrogens is 210 g/mol. The van der Waals surface area contributed by atoms with Crippen LogP contribution < -0.4 is 0 Å². The molecule has 2 fully saturated rings. The van der Waals surface area contributed by atoms with E-state index in [-0.39, 0.29) is 5.41 Å². The molecule has 1 aliphatic heterocycles. The van der Waals surface area contributed by atoms with Gasteiger partial charge in [-0.15, -0.1) is 0 Å². The van der Waals surface area contributed by atoms with Crippen LogP contribution in [0.1, 0.15) is 40.5 Å². The minimum Gasteiger partial charge on any atom is -0.396 e. The molecule has 17 heavy (non-hydrogen) atoms. The smallest absolute Gasteiger partial charge is 0.0493 e. The van der Waals surface area contributed by atoms with Gasteiger partial charge >= 0.3 is 0 Å². The highest BCUT2D eigenvalue weighted by Gasteiger charge is 2.55. The van der Waals surface area contributed by atoms with Crippen molar-refractivity contribution in [3.05, 3.63) is 0 Å². The van der Waals surface area contributed by atoms with Crippen molar-refractivity contribution in [2.75, 3.05) is 26.2 Å². The van der Waals surface area contributed by atoms with Crippen molar-refractivity contribution in [2.45, 2.75) is 40.5 Å². The van der Waals surface area contributed by atoms with Gasteiger partial charge in [-0.25, -0.2) is 0 Å². The molecule has 0 amide bonds. The molecule has 1 heterocycles. The summed E-state index contributed by atoms with van der Waals surface area (Å²) in [6.07, 6.45) is 2.62. The summed E-state index contributed by atoms with van der Waals surface area (Å²) in [6.45, 7) is 13.4. The fourth-order valence-electron chi connectivity index (χ4n) is 3.98. The van der Waals surface area contributed by atoms with Crippen molar-refractivity contribution < 1.29 is 5.11 Å². The third kappa shape index (κ3) is 2.68. The Labute approximate surface area is 106 Å². The van der Waals surface area contributed by atoms with Gasteiger partial charge in [-0.1, -0.05) is 27.7 Å². The Kier molecular flexibility index (Phi) is 3.84. The van der Waals surface area contributed by atoms with Gasteiger partial charge in [0.05, 0.1) is 0 Å². The van der Waals surface area contributed by atoms with Crippen LogP contribution in [0.15, 0.2) is 0 Å². The molecule has 2 nitrogen and oxygen atoms in total. The number of nitrogens with zero attached hydrogens (tertiary/aromatic N) is 1. The topological polar surface area (TPSA) is 23.5 Å². The summed E-state index contributed by atoms with van der Waals surface area (Å²) in [5.74, 6) is 3.06. The third-order valence-electron chi connectivity index (χ3n) is 5.15. The number of hydrogen-bond donors (Lipinski definition) is 1. The van der Waals surface area contributed by atoms with E-state index in [9.17, 15) is 5.11 Å². The van der Waals surface area contributed by atoms with Gasteiger partial charge < -0.3 is 10.0 Å². The maximum Gasteiger partial charge on any atom is 0.0493 e. The van der Waals surface area contributed by atoms with Crippen molar-refractivity contribution in [1.29, 1.82) is 0 Å². The van der Waals surface area contributed by atoms with Crippen LogP contribution in [0.25, 0.3) is 0 Å². The lowest BCUT2D eigenvalue weighted by atomic mass is 9.89. The molecule has 1 saturated heterocycles. The highest BCUT2D eigenvalue weighted by atomic mass is 16.3. The second kappa shape index (κ2) is 4.89. The SMILES string of the molecule is CC1CC(C)CN(CC2CC2(CO)C(C)C)C1. The van der Waals surface area contributed by atoms with E-state index >= 15 is 0 Å². The van der Waals surface area contributed by atoms with Crippen LogP contribution >= 0.6 is 0 Å². The summed E-state index contributed by atoms with van der Waals surface area (Å²) in [7, 11) is 0. The highest BCUT2D eigenvalue weighted by molar-refractivity contribution is 5.05. The molecular formula is C15H29NO. The fraction of sp³-hybridized carbons (Fsp3) is 1.00. The normalized spacial score (nSPS) is 43.1. The Morgan fingerprint density at radius 1 is 1.24 bits per heavy atom. The third-order valence-corrected chi connectivity index (χ3v) is 5.15. The number of rotatable bonds is 4. The molecule has 4 unspecified atom stereocenters. The van der Waals surface area contributed by atoms with Crippen LogP contribution in [0.2, 0.25) is 0 Å². The zero-order valence-corrected chi connectivity index (χ0v) is 11.9. The summed E-state index contributed by atoms with van der Waals surface area (Å²) in [5, 5.41) is 9.61. The Bertz CT molecular complexity index is 256. The van der Waals surface area contributed by atoms with Gasteiger partial charge in [0.2, 0.25) is 0 Å². The second-order valence-corrected chi connectivity index (χ2v) is 7.11. The minimum absolute atomic E-state index is 0.254. The summed E-state index contributed by atoms with van der Waals surface area (Å²) < 4.78 is 0. The summed E-state index contributed by atoms with van der Waals surface area (Å²) in [5.41, 5.74) is 0.254. The van der Waals surface area contributed by atoms with Gasteiger partial charge in [0.25, 0.3) is 0 Å². The van der Waals surface area contributed by atoms with E-state index in [0.29, 0.717) is 12.5 Å². The van der Waals surface area contributed by atoms with Crippen LogP contribution in [0.3, 0.4) is 0 Å². The number of likely N-dealkylation sites (tertiary alicyclic amines) is 1. The quantitative estimate of drug-likeness (QED) is 0.815. The number of hydrogen-bond acceptors (Lipinski definition) is 2. The molecule has 2 aliphatic rings. The fourth-order valence-corrected chi connectivity index (χ4v) is 3.98. The average Bonchev–Trinajstić information content (AvgIpc) is 2.91. The predicted octanol–water partition coefficient (Wildman–Crippen LogP) is 2.62. The number of aliphatic hydroxyl groups excluding tert-OH is 1. The molecule has 4 atom stereocenters. The molecule has 100 valence electrons. The molecule has 2 rings (SSSR count). The van der Waals surface area contributed by atoms with E-state index in [0.717, 1.165) is 17.8 Å². The molecule has 1 saturated carbocycles. The van der Waals surface area contributed by atoms with Crippen LogP contribution in [0.5, 0.6) is 0 Å². The predicted molar refractivity (Wildman–Crippen MR) is 71.8 cm³/mol. The molecule has 0 aromatic carbocycles. The summed E-state index contributed by atoms with van der Waals surface area (Å²) in [4.78, 5) is 2.64. The lowest BCUT2D eigenvalue weighted by Gasteiger charge is -2.35. The first-order chi connectivity index (χ1) is 7.98. The molecule has 0 radical (unpaired) electrons. The molecule has 0 aromatic rings. The Morgan fingerprint density at radius 2 is 1.82 bits per heavy atom. The highest BCUT2D eigenvalue weighted by Crippen LogP contribution is 2.57. The van der Waals surface area contributed by atoms with Crippen molar-refractivity contribution in [1.82, 2.24) is 4.90 Å². The van der Waals surface area contributed by atoms with Crippen LogP contribution in [0.4, 0.5) is 0 Å². The maximum atomic E-state index is 9.61. The van der Waals surface area contributed by atoms with E-state index in [4.69, 9.17) is 0 Å². The first-order valence-electron chi connectivity index (χ1n) is 7.31. The van der Waals surface area contributed by atoms with Crippen molar-refractivity contribution in [3.8, 4) is 0 Å².